The van der Waals surface area contributed by atoms with E-state index in [-0.39, 0.29) is 0 Å². The Morgan fingerprint density at radius 2 is 2.00 bits per heavy atom. The first-order valence-electron chi connectivity index (χ1n) is 8.58. The topological polar surface area (TPSA) is 51.4 Å². The average Bonchev–Trinajstić information content (AvgIpc) is 3.29. The molecule has 0 aliphatic rings. The maximum Gasteiger partial charge on any atom is 0.241 e. The maximum atomic E-state index is 5.45. The van der Waals surface area contributed by atoms with Crippen LogP contribution in [0.1, 0.15) is 17.9 Å². The van der Waals surface area contributed by atoms with Crippen molar-refractivity contribution in [3.8, 4) is 10.7 Å². The lowest BCUT2D eigenvalue weighted by molar-refractivity contribution is 0.135. The second-order valence-electron chi connectivity index (χ2n) is 5.97. The van der Waals surface area contributed by atoms with Crippen molar-refractivity contribution in [2.45, 2.75) is 19.4 Å². The molecule has 7 heteroatoms. The van der Waals surface area contributed by atoms with Gasteiger partial charge in [-0.2, -0.15) is 4.98 Å². The van der Waals surface area contributed by atoms with Crippen molar-refractivity contribution in [1.29, 1.82) is 0 Å². The molecule has 3 rings (SSSR count). The standard InChI is InChI=1S/C19H22BrN3O2S/c1-24-13-12-23(11-5-8-15-6-3-2-4-7-15)14-18-21-19(22-25-18)16-9-10-17(20)26-16/h2-4,6-7,9-10H,5,8,11-14H2,1H3. The van der Waals surface area contributed by atoms with E-state index in [0.29, 0.717) is 24.9 Å². The first-order chi connectivity index (χ1) is 12.7. The number of halogens is 1. The molecule has 0 unspecified atom stereocenters. The monoisotopic (exact) mass is 435 g/mol. The molecular formula is C19H22BrN3O2S. The zero-order chi connectivity index (χ0) is 18.2. The van der Waals surface area contributed by atoms with Crippen LogP contribution in [0, 0.1) is 0 Å². The van der Waals surface area contributed by atoms with Crippen molar-refractivity contribution in [1.82, 2.24) is 15.0 Å². The molecule has 0 bridgehead atoms. The van der Waals surface area contributed by atoms with Crippen molar-refractivity contribution in [3.63, 3.8) is 0 Å². The van der Waals surface area contributed by atoms with Gasteiger partial charge in [-0.15, -0.1) is 11.3 Å². The van der Waals surface area contributed by atoms with Crippen LogP contribution in [0.5, 0.6) is 0 Å². The Morgan fingerprint density at radius 1 is 1.15 bits per heavy atom. The highest BCUT2D eigenvalue weighted by Crippen LogP contribution is 2.29. The number of hydrogen-bond donors (Lipinski definition) is 0. The fraction of sp³-hybridized carbons (Fsp3) is 0.368. The molecule has 3 aromatic rings. The van der Waals surface area contributed by atoms with Gasteiger partial charge in [0.2, 0.25) is 11.7 Å². The van der Waals surface area contributed by atoms with E-state index in [0.717, 1.165) is 34.6 Å². The van der Waals surface area contributed by atoms with Gasteiger partial charge in [-0.05, 0) is 53.0 Å². The van der Waals surface area contributed by atoms with Crippen LogP contribution in [0.15, 0.2) is 50.8 Å². The van der Waals surface area contributed by atoms with Gasteiger partial charge in [-0.3, -0.25) is 4.90 Å². The van der Waals surface area contributed by atoms with Crippen LogP contribution >= 0.6 is 27.3 Å². The van der Waals surface area contributed by atoms with Gasteiger partial charge in [0, 0.05) is 13.7 Å². The van der Waals surface area contributed by atoms with Gasteiger partial charge in [0.15, 0.2) is 0 Å². The molecule has 0 radical (unpaired) electrons. The number of methoxy groups -OCH3 is 1. The minimum absolute atomic E-state index is 0.637. The Balaban J connectivity index is 1.56. The average molecular weight is 436 g/mol. The van der Waals surface area contributed by atoms with Gasteiger partial charge >= 0.3 is 0 Å². The van der Waals surface area contributed by atoms with Gasteiger partial charge in [0.25, 0.3) is 0 Å². The van der Waals surface area contributed by atoms with E-state index < -0.39 is 0 Å². The number of benzene rings is 1. The molecule has 0 saturated heterocycles. The Hall–Kier alpha value is -1.54. The largest absolute Gasteiger partial charge is 0.383 e. The quantitative estimate of drug-likeness (QED) is 0.464. The van der Waals surface area contributed by atoms with Crippen LogP contribution < -0.4 is 0 Å². The number of hydrogen-bond acceptors (Lipinski definition) is 6. The van der Waals surface area contributed by atoms with Crippen molar-refractivity contribution < 1.29 is 9.26 Å². The number of nitrogens with zero attached hydrogens (tertiary/aromatic N) is 3. The van der Waals surface area contributed by atoms with Crippen LogP contribution in [0.3, 0.4) is 0 Å². The molecule has 2 heterocycles. The Bertz CT molecular complexity index is 791. The summed E-state index contributed by atoms with van der Waals surface area (Å²) in [6, 6.07) is 14.5. The number of ether oxygens (including phenoxy) is 1. The van der Waals surface area contributed by atoms with Gasteiger partial charge in [-0.25, -0.2) is 0 Å². The summed E-state index contributed by atoms with van der Waals surface area (Å²) in [6.07, 6.45) is 2.13. The second-order valence-corrected chi connectivity index (χ2v) is 8.44. The first kappa shape index (κ1) is 19.2. The number of thiophene rings is 1. The summed E-state index contributed by atoms with van der Waals surface area (Å²) in [5, 5.41) is 4.11. The number of rotatable bonds is 10. The highest BCUT2D eigenvalue weighted by Gasteiger charge is 2.14. The minimum atomic E-state index is 0.637. The van der Waals surface area contributed by atoms with Gasteiger partial charge in [-0.1, -0.05) is 35.5 Å². The fourth-order valence-corrected chi connectivity index (χ4v) is 4.00. The van der Waals surface area contributed by atoms with E-state index in [4.69, 9.17) is 9.26 Å². The summed E-state index contributed by atoms with van der Waals surface area (Å²) in [5.41, 5.74) is 1.36. The van der Waals surface area contributed by atoms with Crippen LogP contribution in [0.4, 0.5) is 0 Å². The van der Waals surface area contributed by atoms with Gasteiger partial charge in [0.05, 0.1) is 21.8 Å². The lowest BCUT2D eigenvalue weighted by Gasteiger charge is -2.19. The number of aryl methyl sites for hydroxylation is 1. The SMILES string of the molecule is COCCN(CCCc1ccccc1)Cc1nc(-c2ccc(Br)s2)no1. The van der Waals surface area contributed by atoms with Crippen LogP contribution in [0.2, 0.25) is 0 Å². The molecule has 0 fully saturated rings. The molecule has 26 heavy (non-hydrogen) atoms. The minimum Gasteiger partial charge on any atom is -0.383 e. The van der Waals surface area contributed by atoms with E-state index in [1.54, 1.807) is 18.4 Å². The molecule has 0 amide bonds. The molecule has 0 aliphatic heterocycles. The lowest BCUT2D eigenvalue weighted by atomic mass is 10.1. The molecule has 0 atom stereocenters. The summed E-state index contributed by atoms with van der Waals surface area (Å²) in [4.78, 5) is 7.84. The van der Waals surface area contributed by atoms with Crippen molar-refractivity contribution >= 4 is 27.3 Å². The summed E-state index contributed by atoms with van der Waals surface area (Å²) in [6.45, 7) is 3.12. The summed E-state index contributed by atoms with van der Waals surface area (Å²) in [7, 11) is 1.72. The molecule has 2 aromatic heterocycles. The zero-order valence-electron chi connectivity index (χ0n) is 14.7. The molecule has 0 saturated carbocycles. The van der Waals surface area contributed by atoms with Gasteiger partial charge < -0.3 is 9.26 Å². The molecule has 1 aromatic carbocycles. The van der Waals surface area contributed by atoms with E-state index >= 15 is 0 Å². The Morgan fingerprint density at radius 3 is 2.73 bits per heavy atom. The fourth-order valence-electron chi connectivity index (χ4n) is 2.69. The third-order valence-corrected chi connectivity index (χ3v) is 5.63. The smallest absolute Gasteiger partial charge is 0.241 e. The molecule has 0 N–H and O–H groups in total. The molecule has 0 spiro atoms. The normalized spacial score (nSPS) is 11.3. The predicted octanol–water partition coefficient (Wildman–Crippen LogP) is 4.64. The molecule has 5 nitrogen and oxygen atoms in total. The lowest BCUT2D eigenvalue weighted by Crippen LogP contribution is -2.28. The molecular weight excluding hydrogens is 414 g/mol. The van der Waals surface area contributed by atoms with E-state index in [9.17, 15) is 0 Å². The Kier molecular flexibility index (Phi) is 7.37. The second kappa shape index (κ2) is 9.97. The highest BCUT2D eigenvalue weighted by atomic mass is 79.9. The van der Waals surface area contributed by atoms with Crippen LogP contribution in [-0.2, 0) is 17.7 Å². The molecule has 0 aliphatic carbocycles. The molecule has 138 valence electrons. The predicted molar refractivity (Wildman–Crippen MR) is 107 cm³/mol. The maximum absolute atomic E-state index is 5.45. The summed E-state index contributed by atoms with van der Waals surface area (Å²) >= 11 is 5.06. The first-order valence-corrected chi connectivity index (χ1v) is 10.2. The third kappa shape index (κ3) is 5.74. The highest BCUT2D eigenvalue weighted by molar-refractivity contribution is 9.11. The van der Waals surface area contributed by atoms with Crippen molar-refractivity contribution in [3.05, 3.63) is 57.7 Å². The third-order valence-electron chi connectivity index (χ3n) is 4.01. The Labute approximate surface area is 166 Å². The van der Waals surface area contributed by atoms with E-state index in [1.165, 1.54) is 5.56 Å². The zero-order valence-corrected chi connectivity index (χ0v) is 17.1. The van der Waals surface area contributed by atoms with Crippen LogP contribution in [0.25, 0.3) is 10.7 Å². The van der Waals surface area contributed by atoms with Crippen LogP contribution in [-0.4, -0.2) is 41.8 Å². The number of aromatic nitrogens is 2. The van der Waals surface area contributed by atoms with Crippen molar-refractivity contribution in [2.75, 3.05) is 26.8 Å². The van der Waals surface area contributed by atoms with E-state index in [2.05, 4.69) is 55.2 Å². The summed E-state index contributed by atoms with van der Waals surface area (Å²) in [5.74, 6) is 1.28. The van der Waals surface area contributed by atoms with E-state index in [1.807, 2.05) is 18.2 Å². The van der Waals surface area contributed by atoms with Crippen molar-refractivity contribution in [2.24, 2.45) is 0 Å². The van der Waals surface area contributed by atoms with Gasteiger partial charge in [0.1, 0.15) is 0 Å². The summed E-state index contributed by atoms with van der Waals surface area (Å²) < 4.78 is 11.7.